The first-order chi connectivity index (χ1) is 16.0. The average molecular weight is 473 g/mol. The van der Waals surface area contributed by atoms with Gasteiger partial charge >= 0.3 is 0 Å². The summed E-state index contributed by atoms with van der Waals surface area (Å²) in [6.45, 7) is 8.71. The molecule has 184 valence electrons. The molecule has 0 fully saturated rings. The van der Waals surface area contributed by atoms with Crippen LogP contribution in [-0.4, -0.2) is 44.3 Å². The molecule has 0 aliphatic rings. The molecule has 4 N–H and O–H groups in total. The summed E-state index contributed by atoms with van der Waals surface area (Å²) in [6, 6.07) is 8.38. The fourth-order valence-corrected chi connectivity index (χ4v) is 2.36. The molecule has 0 saturated heterocycles. The van der Waals surface area contributed by atoms with E-state index >= 15 is 0 Å². The topological polar surface area (TPSA) is 115 Å². The number of aldehydes is 1. The number of nitrogens with zero attached hydrogens (tertiary/aromatic N) is 1. The van der Waals surface area contributed by atoms with Gasteiger partial charge in [-0.15, -0.1) is 0 Å². The number of nitrogens with two attached hydrogens (primary N) is 1. The van der Waals surface area contributed by atoms with Gasteiger partial charge < -0.3 is 25.8 Å². The van der Waals surface area contributed by atoms with Crippen LogP contribution in [-0.2, 0) is 0 Å². The second-order valence-corrected chi connectivity index (χ2v) is 7.98. The van der Waals surface area contributed by atoms with Gasteiger partial charge in [-0.2, -0.15) is 4.99 Å². The number of aliphatic imine (C=N–C) groups is 1. The third-order valence-corrected chi connectivity index (χ3v) is 3.89. The van der Waals surface area contributed by atoms with Crippen molar-refractivity contribution < 1.29 is 23.5 Å². The Hall–Kier alpha value is -3.72. The Morgan fingerprint density at radius 3 is 2.29 bits per heavy atom. The lowest BCUT2D eigenvalue weighted by molar-refractivity contribution is 0.0998. The fourth-order valence-electron chi connectivity index (χ4n) is 2.36. The van der Waals surface area contributed by atoms with Gasteiger partial charge in [-0.25, -0.2) is 4.39 Å². The summed E-state index contributed by atoms with van der Waals surface area (Å²) in [6.07, 6.45) is 3.40. The minimum atomic E-state index is -0.713. The number of hydrogen-bond acceptors (Lipinski definition) is 6. The zero-order valence-electron chi connectivity index (χ0n) is 20.4. The van der Waals surface area contributed by atoms with Crippen LogP contribution in [0.2, 0.25) is 0 Å². The van der Waals surface area contributed by atoms with Crippen molar-refractivity contribution in [2.75, 3.05) is 20.6 Å². The van der Waals surface area contributed by atoms with E-state index in [4.69, 9.17) is 15.2 Å². The SMILES string of the molecule is CCNC.CN/C=C\C(N)=NC(=O)c1cc(Oc2ccc(C=O)c(F)c2)cc(OC(C)(C)C)c1. The van der Waals surface area contributed by atoms with Crippen LogP contribution >= 0.6 is 0 Å². The molecule has 0 heterocycles. The van der Waals surface area contributed by atoms with E-state index in [-0.39, 0.29) is 28.5 Å². The third kappa shape index (κ3) is 10.3. The van der Waals surface area contributed by atoms with Crippen molar-refractivity contribution in [1.82, 2.24) is 10.6 Å². The van der Waals surface area contributed by atoms with Gasteiger partial charge in [-0.1, -0.05) is 6.92 Å². The van der Waals surface area contributed by atoms with Crippen molar-refractivity contribution in [2.45, 2.75) is 33.3 Å². The highest BCUT2D eigenvalue weighted by molar-refractivity contribution is 6.06. The Balaban J connectivity index is 0.00000133. The molecule has 0 aliphatic carbocycles. The number of amides is 1. The van der Waals surface area contributed by atoms with Gasteiger partial charge in [0.25, 0.3) is 5.91 Å². The second-order valence-electron chi connectivity index (χ2n) is 7.98. The van der Waals surface area contributed by atoms with Gasteiger partial charge in [0.2, 0.25) is 0 Å². The van der Waals surface area contributed by atoms with Crippen LogP contribution in [0.25, 0.3) is 0 Å². The summed E-state index contributed by atoms with van der Waals surface area (Å²) in [5, 5.41) is 5.68. The molecule has 0 unspecified atom stereocenters. The summed E-state index contributed by atoms with van der Waals surface area (Å²) < 4.78 is 25.4. The maximum absolute atomic E-state index is 13.9. The minimum absolute atomic E-state index is 0.0190. The molecule has 0 atom stereocenters. The lowest BCUT2D eigenvalue weighted by atomic mass is 10.1. The monoisotopic (exact) mass is 472 g/mol. The van der Waals surface area contributed by atoms with Crippen molar-refractivity contribution in [2.24, 2.45) is 10.7 Å². The molecule has 0 bridgehead atoms. The Morgan fingerprint density at radius 1 is 1.12 bits per heavy atom. The summed E-state index contributed by atoms with van der Waals surface area (Å²) in [4.78, 5) is 27.2. The molecule has 34 heavy (non-hydrogen) atoms. The number of rotatable bonds is 8. The first-order valence-corrected chi connectivity index (χ1v) is 10.7. The van der Waals surface area contributed by atoms with Crippen LogP contribution < -0.4 is 25.8 Å². The molecule has 0 radical (unpaired) electrons. The number of carbonyl (C=O) groups excluding carboxylic acids is 2. The minimum Gasteiger partial charge on any atom is -0.488 e. The molecule has 0 saturated carbocycles. The van der Waals surface area contributed by atoms with E-state index in [2.05, 4.69) is 22.5 Å². The summed E-state index contributed by atoms with van der Waals surface area (Å²) in [5.41, 5.74) is 5.28. The fraction of sp³-hybridized carbons (Fsp3) is 0.320. The molecule has 1 amide bonds. The van der Waals surface area contributed by atoms with E-state index < -0.39 is 17.3 Å². The van der Waals surface area contributed by atoms with Crippen LogP contribution in [0.5, 0.6) is 17.2 Å². The first kappa shape index (κ1) is 28.3. The van der Waals surface area contributed by atoms with Gasteiger partial charge in [0.05, 0.1) is 5.56 Å². The number of carbonyl (C=O) groups is 2. The highest BCUT2D eigenvalue weighted by atomic mass is 19.1. The molecule has 0 aliphatic heterocycles. The number of amidine groups is 1. The van der Waals surface area contributed by atoms with E-state index in [1.165, 1.54) is 36.5 Å². The normalized spacial score (nSPS) is 11.4. The van der Waals surface area contributed by atoms with E-state index in [1.54, 1.807) is 13.1 Å². The summed E-state index contributed by atoms with van der Waals surface area (Å²) in [5.74, 6) is -0.532. The van der Waals surface area contributed by atoms with Crippen LogP contribution in [0.15, 0.2) is 53.7 Å². The lowest BCUT2D eigenvalue weighted by Gasteiger charge is -2.22. The third-order valence-electron chi connectivity index (χ3n) is 3.89. The van der Waals surface area contributed by atoms with Crippen LogP contribution in [0.3, 0.4) is 0 Å². The zero-order valence-corrected chi connectivity index (χ0v) is 20.4. The molecule has 0 aromatic heterocycles. The van der Waals surface area contributed by atoms with Crippen molar-refractivity contribution in [3.8, 4) is 17.2 Å². The van der Waals surface area contributed by atoms with Crippen molar-refractivity contribution in [3.05, 3.63) is 65.6 Å². The molecule has 2 rings (SSSR count). The van der Waals surface area contributed by atoms with E-state index in [0.717, 1.165) is 12.6 Å². The molecule has 2 aromatic rings. The van der Waals surface area contributed by atoms with Crippen LogP contribution in [0, 0.1) is 5.82 Å². The van der Waals surface area contributed by atoms with Gasteiger partial charge in [0.15, 0.2) is 6.29 Å². The Bertz CT molecular complexity index is 1030. The van der Waals surface area contributed by atoms with Crippen molar-refractivity contribution in [3.63, 3.8) is 0 Å². The Kier molecular flexibility index (Phi) is 11.4. The number of nitrogens with one attached hydrogen (secondary N) is 2. The second kappa shape index (κ2) is 13.7. The van der Waals surface area contributed by atoms with Gasteiger partial charge in [-0.3, -0.25) is 9.59 Å². The highest BCUT2D eigenvalue weighted by Crippen LogP contribution is 2.30. The van der Waals surface area contributed by atoms with Gasteiger partial charge in [0, 0.05) is 24.7 Å². The van der Waals surface area contributed by atoms with E-state index in [0.29, 0.717) is 12.0 Å². The molecule has 9 heteroatoms. The molecule has 0 spiro atoms. The molecular formula is C25H33FN4O4. The lowest BCUT2D eigenvalue weighted by Crippen LogP contribution is -2.23. The van der Waals surface area contributed by atoms with Crippen molar-refractivity contribution in [1.29, 1.82) is 0 Å². The predicted molar refractivity (Wildman–Crippen MR) is 132 cm³/mol. The zero-order chi connectivity index (χ0) is 25.7. The standard InChI is InChI=1S/C22H24FN3O4.C3H9N/c1-22(2,3)30-18-10-15(21(28)26-20(24)7-8-25-4)9-17(11-18)29-16-6-5-14(13-27)19(23)12-16;1-3-4-2/h5-13,25H,1-4H3,(H2,24,26,28);4H,3H2,1-2H3/b8-7-;. The number of ether oxygens (including phenoxy) is 2. The van der Waals surface area contributed by atoms with E-state index in [9.17, 15) is 14.0 Å². The quantitative estimate of drug-likeness (QED) is 0.301. The molecular weight excluding hydrogens is 439 g/mol. The van der Waals surface area contributed by atoms with Crippen LogP contribution in [0.1, 0.15) is 48.4 Å². The number of benzene rings is 2. The molecule has 8 nitrogen and oxygen atoms in total. The first-order valence-electron chi connectivity index (χ1n) is 10.7. The van der Waals surface area contributed by atoms with E-state index in [1.807, 2.05) is 27.8 Å². The van der Waals surface area contributed by atoms with Crippen LogP contribution in [0.4, 0.5) is 4.39 Å². The Labute approximate surface area is 200 Å². The predicted octanol–water partition coefficient (Wildman–Crippen LogP) is 4.06. The largest absolute Gasteiger partial charge is 0.488 e. The maximum atomic E-state index is 13.9. The number of halogens is 1. The average Bonchev–Trinajstić information content (AvgIpc) is 2.76. The Morgan fingerprint density at radius 2 is 1.76 bits per heavy atom. The maximum Gasteiger partial charge on any atom is 0.279 e. The summed E-state index contributed by atoms with van der Waals surface area (Å²) >= 11 is 0. The molecule has 2 aromatic carbocycles. The smallest absolute Gasteiger partial charge is 0.279 e. The summed E-state index contributed by atoms with van der Waals surface area (Å²) in [7, 11) is 3.62. The van der Waals surface area contributed by atoms with Crippen molar-refractivity contribution >= 4 is 18.0 Å². The highest BCUT2D eigenvalue weighted by Gasteiger charge is 2.16. The number of hydrogen-bond donors (Lipinski definition) is 3. The van der Waals surface area contributed by atoms with Gasteiger partial charge in [-0.05, 0) is 70.9 Å². The van der Waals surface area contributed by atoms with Gasteiger partial charge in [0.1, 0.15) is 34.5 Å².